The van der Waals surface area contributed by atoms with Gasteiger partial charge in [0.1, 0.15) is 5.69 Å². The molecule has 122 valence electrons. The van der Waals surface area contributed by atoms with Crippen LogP contribution in [0.15, 0.2) is 18.3 Å². The summed E-state index contributed by atoms with van der Waals surface area (Å²) in [5.74, 6) is 0.0117. The van der Waals surface area contributed by atoms with Crippen molar-refractivity contribution in [1.29, 1.82) is 0 Å². The number of carbonyl (C=O) groups is 1. The zero-order valence-electron chi connectivity index (χ0n) is 13.1. The number of anilines is 1. The van der Waals surface area contributed by atoms with E-state index in [1.54, 1.807) is 17.2 Å². The minimum absolute atomic E-state index is 0.0559. The number of nitrogens with one attached hydrogen (secondary N) is 1. The standard InChI is InChI=1S/C15H23N3O3S/c1-3-7-16-12-5-8-17-14(10-12)15(19)18(4-2)13-6-9-22(20,21)11-13/h5,8,10,13H,3-4,6-7,9,11H2,1-2H3,(H,16,17). The van der Waals surface area contributed by atoms with Crippen LogP contribution in [0.1, 0.15) is 37.2 Å². The van der Waals surface area contributed by atoms with Crippen molar-refractivity contribution in [2.45, 2.75) is 32.7 Å². The molecule has 1 atom stereocenters. The maximum Gasteiger partial charge on any atom is 0.272 e. The highest BCUT2D eigenvalue weighted by Crippen LogP contribution is 2.20. The SMILES string of the molecule is CCCNc1ccnc(C(=O)N(CC)C2CCS(=O)(=O)C2)c1. The summed E-state index contributed by atoms with van der Waals surface area (Å²) in [6.45, 7) is 5.24. The predicted octanol–water partition coefficient (Wildman–Crippen LogP) is 1.55. The molecule has 1 saturated heterocycles. The van der Waals surface area contributed by atoms with E-state index in [-0.39, 0.29) is 23.5 Å². The first-order valence-electron chi connectivity index (χ1n) is 7.68. The van der Waals surface area contributed by atoms with Crippen LogP contribution in [0.25, 0.3) is 0 Å². The molecule has 1 aromatic heterocycles. The molecule has 1 N–H and O–H groups in total. The molecule has 1 fully saturated rings. The normalized spacial score (nSPS) is 19.8. The van der Waals surface area contributed by atoms with E-state index in [0.29, 0.717) is 18.7 Å². The molecule has 0 aliphatic carbocycles. The molecule has 1 amide bonds. The van der Waals surface area contributed by atoms with Crippen molar-refractivity contribution in [3.63, 3.8) is 0 Å². The van der Waals surface area contributed by atoms with Gasteiger partial charge in [-0.1, -0.05) is 6.92 Å². The molecule has 6 nitrogen and oxygen atoms in total. The predicted molar refractivity (Wildman–Crippen MR) is 86.8 cm³/mol. The summed E-state index contributed by atoms with van der Waals surface area (Å²) in [6.07, 6.45) is 3.10. The zero-order valence-corrected chi connectivity index (χ0v) is 13.9. The van der Waals surface area contributed by atoms with Crippen molar-refractivity contribution in [2.75, 3.05) is 29.9 Å². The van der Waals surface area contributed by atoms with Gasteiger partial charge >= 0.3 is 0 Å². The highest BCUT2D eigenvalue weighted by Gasteiger charge is 2.34. The number of sulfone groups is 1. The molecular weight excluding hydrogens is 302 g/mol. The zero-order chi connectivity index (χ0) is 16.2. The van der Waals surface area contributed by atoms with E-state index in [1.807, 2.05) is 13.0 Å². The Labute approximate surface area is 131 Å². The van der Waals surface area contributed by atoms with Gasteiger partial charge in [0, 0.05) is 31.0 Å². The summed E-state index contributed by atoms with van der Waals surface area (Å²) in [5, 5.41) is 3.22. The molecule has 1 aliphatic rings. The molecule has 2 heterocycles. The summed E-state index contributed by atoms with van der Waals surface area (Å²) >= 11 is 0. The molecule has 0 spiro atoms. The van der Waals surface area contributed by atoms with E-state index in [9.17, 15) is 13.2 Å². The van der Waals surface area contributed by atoms with E-state index in [1.165, 1.54) is 0 Å². The average Bonchev–Trinajstić information content (AvgIpc) is 2.86. The monoisotopic (exact) mass is 325 g/mol. The van der Waals surface area contributed by atoms with E-state index < -0.39 is 9.84 Å². The van der Waals surface area contributed by atoms with E-state index in [2.05, 4.69) is 17.2 Å². The summed E-state index contributed by atoms with van der Waals surface area (Å²) in [7, 11) is -3.01. The number of aromatic nitrogens is 1. The van der Waals surface area contributed by atoms with Crippen LogP contribution in [-0.4, -0.2) is 54.8 Å². The lowest BCUT2D eigenvalue weighted by Gasteiger charge is -2.26. The van der Waals surface area contributed by atoms with E-state index >= 15 is 0 Å². The molecule has 0 radical (unpaired) electrons. The number of carbonyl (C=O) groups excluding carboxylic acids is 1. The number of amides is 1. The first-order valence-corrected chi connectivity index (χ1v) is 9.50. The molecule has 1 aliphatic heterocycles. The number of rotatable bonds is 6. The minimum Gasteiger partial charge on any atom is -0.385 e. The Morgan fingerprint density at radius 2 is 2.23 bits per heavy atom. The van der Waals surface area contributed by atoms with Crippen LogP contribution in [0.5, 0.6) is 0 Å². The Morgan fingerprint density at radius 3 is 2.82 bits per heavy atom. The Hall–Kier alpha value is -1.63. The highest BCUT2D eigenvalue weighted by atomic mass is 32.2. The third-order valence-electron chi connectivity index (χ3n) is 3.81. The average molecular weight is 325 g/mol. The molecule has 7 heteroatoms. The van der Waals surface area contributed by atoms with Gasteiger partial charge in [0.25, 0.3) is 5.91 Å². The number of hydrogen-bond acceptors (Lipinski definition) is 5. The number of nitrogens with zero attached hydrogens (tertiary/aromatic N) is 2. The third kappa shape index (κ3) is 3.97. The first kappa shape index (κ1) is 16.7. The van der Waals surface area contributed by atoms with Gasteiger partial charge in [-0.05, 0) is 31.9 Å². The van der Waals surface area contributed by atoms with E-state index in [0.717, 1.165) is 18.7 Å². The van der Waals surface area contributed by atoms with Crippen LogP contribution in [-0.2, 0) is 9.84 Å². The van der Waals surface area contributed by atoms with E-state index in [4.69, 9.17) is 0 Å². The van der Waals surface area contributed by atoms with Crippen LogP contribution < -0.4 is 5.32 Å². The lowest BCUT2D eigenvalue weighted by molar-refractivity contribution is 0.0702. The van der Waals surface area contributed by atoms with Gasteiger partial charge in [0.05, 0.1) is 11.5 Å². The Balaban J connectivity index is 2.15. The van der Waals surface area contributed by atoms with Crippen LogP contribution in [0.3, 0.4) is 0 Å². The van der Waals surface area contributed by atoms with Crippen molar-refractivity contribution < 1.29 is 13.2 Å². The minimum atomic E-state index is -3.01. The van der Waals surface area contributed by atoms with Gasteiger partial charge in [-0.2, -0.15) is 0 Å². The molecule has 0 aromatic carbocycles. The fourth-order valence-electron chi connectivity index (χ4n) is 2.66. The number of pyridine rings is 1. The van der Waals surface area contributed by atoms with Crippen molar-refractivity contribution in [2.24, 2.45) is 0 Å². The molecule has 22 heavy (non-hydrogen) atoms. The van der Waals surface area contributed by atoms with Crippen molar-refractivity contribution >= 4 is 21.4 Å². The first-order chi connectivity index (χ1) is 10.5. The molecular formula is C15H23N3O3S. The third-order valence-corrected chi connectivity index (χ3v) is 5.56. The fraction of sp³-hybridized carbons (Fsp3) is 0.600. The Kier molecular flexibility index (Phi) is 5.39. The van der Waals surface area contributed by atoms with Gasteiger partial charge in [-0.3, -0.25) is 9.78 Å². The van der Waals surface area contributed by atoms with Gasteiger partial charge in [0.15, 0.2) is 9.84 Å². The second kappa shape index (κ2) is 7.09. The molecule has 2 rings (SSSR count). The highest BCUT2D eigenvalue weighted by molar-refractivity contribution is 7.91. The Bertz CT molecular complexity index is 631. The molecule has 1 aromatic rings. The lowest BCUT2D eigenvalue weighted by Crippen LogP contribution is -2.41. The fourth-order valence-corrected chi connectivity index (χ4v) is 4.39. The largest absolute Gasteiger partial charge is 0.385 e. The summed E-state index contributed by atoms with van der Waals surface area (Å²) < 4.78 is 23.3. The van der Waals surface area contributed by atoms with Crippen LogP contribution in [0.2, 0.25) is 0 Å². The second-order valence-corrected chi connectivity index (χ2v) is 7.73. The summed E-state index contributed by atoms with van der Waals surface area (Å²) in [6, 6.07) is 3.31. The topological polar surface area (TPSA) is 79.4 Å². The maximum absolute atomic E-state index is 12.6. The van der Waals surface area contributed by atoms with Gasteiger partial charge in [0.2, 0.25) is 0 Å². The number of hydrogen-bond donors (Lipinski definition) is 1. The second-order valence-electron chi connectivity index (χ2n) is 5.50. The van der Waals surface area contributed by atoms with Crippen molar-refractivity contribution in [3.05, 3.63) is 24.0 Å². The molecule has 0 saturated carbocycles. The lowest BCUT2D eigenvalue weighted by atomic mass is 10.2. The smallest absolute Gasteiger partial charge is 0.272 e. The Morgan fingerprint density at radius 1 is 1.45 bits per heavy atom. The molecule has 1 unspecified atom stereocenters. The summed E-state index contributed by atoms with van der Waals surface area (Å²) in [5.41, 5.74) is 1.21. The summed E-state index contributed by atoms with van der Waals surface area (Å²) in [4.78, 5) is 18.4. The van der Waals surface area contributed by atoms with Crippen LogP contribution in [0.4, 0.5) is 5.69 Å². The van der Waals surface area contributed by atoms with Gasteiger partial charge in [-0.25, -0.2) is 8.42 Å². The molecule has 0 bridgehead atoms. The quantitative estimate of drug-likeness (QED) is 0.858. The maximum atomic E-state index is 12.6. The van der Waals surface area contributed by atoms with Crippen molar-refractivity contribution in [1.82, 2.24) is 9.88 Å². The van der Waals surface area contributed by atoms with Gasteiger partial charge < -0.3 is 10.2 Å². The van der Waals surface area contributed by atoms with Crippen molar-refractivity contribution in [3.8, 4) is 0 Å². The van der Waals surface area contributed by atoms with Crippen LogP contribution in [0, 0.1) is 0 Å². The van der Waals surface area contributed by atoms with Gasteiger partial charge in [-0.15, -0.1) is 0 Å². The van der Waals surface area contributed by atoms with Crippen LogP contribution >= 0.6 is 0 Å².